The average Bonchev–Trinajstić information content (AvgIpc) is 2.80. The lowest BCUT2D eigenvalue weighted by atomic mass is 10.1. The molecule has 1 atom stereocenters. The summed E-state index contributed by atoms with van der Waals surface area (Å²) in [6.07, 6.45) is 2.43. The second-order valence-corrected chi connectivity index (χ2v) is 5.30. The second kappa shape index (κ2) is 4.00. The maximum absolute atomic E-state index is 11.5. The fourth-order valence-electron chi connectivity index (χ4n) is 1.62. The van der Waals surface area contributed by atoms with Gasteiger partial charge in [0.1, 0.15) is 5.60 Å². The van der Waals surface area contributed by atoms with Crippen LogP contribution in [0.5, 0.6) is 0 Å². The van der Waals surface area contributed by atoms with Crippen LogP contribution in [0.1, 0.15) is 47.0 Å². The Labute approximate surface area is 91.5 Å². The first kappa shape index (κ1) is 12.3. The molecular weight excluding hydrogens is 192 g/mol. The third kappa shape index (κ3) is 3.38. The zero-order valence-electron chi connectivity index (χ0n) is 10.1. The Hall–Kier alpha value is -0.770. The lowest BCUT2D eigenvalue weighted by molar-refractivity contribution is 0.0487. The highest BCUT2D eigenvalue weighted by Gasteiger charge is 2.49. The van der Waals surface area contributed by atoms with Gasteiger partial charge >= 0.3 is 6.09 Å². The SMILES string of the molecule is CCC(N)C1(NC(=O)OC(C)(C)C)CC1. The van der Waals surface area contributed by atoms with Crippen LogP contribution in [-0.2, 0) is 4.74 Å². The molecule has 88 valence electrons. The first-order valence-corrected chi connectivity index (χ1v) is 5.56. The van der Waals surface area contributed by atoms with Gasteiger partial charge in [0.05, 0.1) is 5.54 Å². The van der Waals surface area contributed by atoms with Crippen molar-refractivity contribution in [1.29, 1.82) is 0 Å². The molecule has 15 heavy (non-hydrogen) atoms. The van der Waals surface area contributed by atoms with Crippen LogP contribution in [0.25, 0.3) is 0 Å². The molecule has 4 heteroatoms. The number of hydrogen-bond acceptors (Lipinski definition) is 3. The summed E-state index contributed by atoms with van der Waals surface area (Å²) in [5, 5.41) is 2.89. The van der Waals surface area contributed by atoms with Crippen LogP contribution in [0.2, 0.25) is 0 Å². The average molecular weight is 214 g/mol. The monoisotopic (exact) mass is 214 g/mol. The Morgan fingerprint density at radius 2 is 2.07 bits per heavy atom. The maximum atomic E-state index is 11.5. The van der Waals surface area contributed by atoms with E-state index in [0.717, 1.165) is 19.3 Å². The van der Waals surface area contributed by atoms with Gasteiger partial charge in [0.15, 0.2) is 0 Å². The summed E-state index contributed by atoms with van der Waals surface area (Å²) in [6.45, 7) is 7.59. The molecule has 0 heterocycles. The third-order valence-corrected chi connectivity index (χ3v) is 2.69. The Kier molecular flexibility index (Phi) is 3.28. The van der Waals surface area contributed by atoms with Gasteiger partial charge in [-0.2, -0.15) is 0 Å². The lowest BCUT2D eigenvalue weighted by Crippen LogP contribution is -2.50. The van der Waals surface area contributed by atoms with Gasteiger partial charge in [-0.3, -0.25) is 0 Å². The van der Waals surface area contributed by atoms with E-state index in [-0.39, 0.29) is 17.7 Å². The van der Waals surface area contributed by atoms with Crippen LogP contribution in [0.4, 0.5) is 4.79 Å². The molecule has 1 rings (SSSR count). The van der Waals surface area contributed by atoms with Gasteiger partial charge in [-0.15, -0.1) is 0 Å². The number of alkyl carbamates (subject to hydrolysis) is 1. The summed E-state index contributed by atoms with van der Waals surface area (Å²) in [7, 11) is 0. The molecule has 1 amide bonds. The first-order valence-electron chi connectivity index (χ1n) is 5.56. The van der Waals surface area contributed by atoms with Crippen LogP contribution in [0.15, 0.2) is 0 Å². The van der Waals surface area contributed by atoms with Crippen molar-refractivity contribution in [2.24, 2.45) is 5.73 Å². The van der Waals surface area contributed by atoms with Crippen LogP contribution in [-0.4, -0.2) is 23.3 Å². The third-order valence-electron chi connectivity index (χ3n) is 2.69. The van der Waals surface area contributed by atoms with Gasteiger partial charge in [-0.05, 0) is 40.0 Å². The number of hydrogen-bond donors (Lipinski definition) is 2. The van der Waals surface area contributed by atoms with Crippen LogP contribution in [0.3, 0.4) is 0 Å². The van der Waals surface area contributed by atoms with Crippen molar-refractivity contribution >= 4 is 6.09 Å². The van der Waals surface area contributed by atoms with Crippen molar-refractivity contribution in [2.45, 2.75) is 64.1 Å². The minimum Gasteiger partial charge on any atom is -0.444 e. The molecule has 0 aromatic heterocycles. The maximum Gasteiger partial charge on any atom is 0.408 e. The Morgan fingerprint density at radius 1 is 1.53 bits per heavy atom. The number of rotatable bonds is 3. The first-order chi connectivity index (χ1) is 6.79. The lowest BCUT2D eigenvalue weighted by Gasteiger charge is -2.26. The van der Waals surface area contributed by atoms with Crippen molar-refractivity contribution in [2.75, 3.05) is 0 Å². The molecule has 1 aliphatic rings. The van der Waals surface area contributed by atoms with E-state index in [0.29, 0.717) is 0 Å². The van der Waals surface area contributed by atoms with Gasteiger partial charge in [0.2, 0.25) is 0 Å². The standard InChI is InChI=1S/C11H22N2O2/c1-5-8(12)11(6-7-11)13-9(14)15-10(2,3)4/h8H,5-7,12H2,1-4H3,(H,13,14). The summed E-state index contributed by atoms with van der Waals surface area (Å²) in [4.78, 5) is 11.5. The molecule has 1 saturated carbocycles. The van der Waals surface area contributed by atoms with Crippen LogP contribution >= 0.6 is 0 Å². The van der Waals surface area contributed by atoms with E-state index in [4.69, 9.17) is 10.5 Å². The van der Waals surface area contributed by atoms with Crippen LogP contribution in [0, 0.1) is 0 Å². The number of nitrogens with two attached hydrogens (primary N) is 1. The van der Waals surface area contributed by atoms with E-state index in [1.807, 2.05) is 27.7 Å². The van der Waals surface area contributed by atoms with E-state index in [2.05, 4.69) is 5.32 Å². The molecule has 4 nitrogen and oxygen atoms in total. The van der Waals surface area contributed by atoms with Crippen molar-refractivity contribution < 1.29 is 9.53 Å². The predicted molar refractivity (Wildman–Crippen MR) is 59.6 cm³/mol. The molecule has 1 fully saturated rings. The Balaban J connectivity index is 2.45. The molecule has 1 aliphatic carbocycles. The highest BCUT2D eigenvalue weighted by atomic mass is 16.6. The number of carbonyl (C=O) groups is 1. The number of nitrogens with one attached hydrogen (secondary N) is 1. The molecule has 0 aromatic rings. The predicted octanol–water partition coefficient (Wildman–Crippen LogP) is 1.78. The quantitative estimate of drug-likeness (QED) is 0.752. The van der Waals surface area contributed by atoms with Crippen LogP contribution < -0.4 is 11.1 Å². The summed E-state index contributed by atoms with van der Waals surface area (Å²) < 4.78 is 5.20. The van der Waals surface area contributed by atoms with Gasteiger partial charge < -0.3 is 15.8 Å². The number of carbonyl (C=O) groups excluding carboxylic acids is 1. The zero-order chi connectivity index (χ0) is 11.7. The summed E-state index contributed by atoms with van der Waals surface area (Å²) in [6, 6.07) is 0.0324. The van der Waals surface area contributed by atoms with Crippen molar-refractivity contribution in [3.8, 4) is 0 Å². The van der Waals surface area contributed by atoms with Gasteiger partial charge in [-0.1, -0.05) is 6.92 Å². The van der Waals surface area contributed by atoms with Crippen molar-refractivity contribution in [1.82, 2.24) is 5.32 Å². The molecule has 0 bridgehead atoms. The largest absolute Gasteiger partial charge is 0.444 e. The smallest absolute Gasteiger partial charge is 0.408 e. The van der Waals surface area contributed by atoms with Gasteiger partial charge in [-0.25, -0.2) is 4.79 Å². The molecule has 0 spiro atoms. The van der Waals surface area contributed by atoms with Gasteiger partial charge in [0.25, 0.3) is 0 Å². The second-order valence-electron chi connectivity index (χ2n) is 5.30. The molecule has 1 unspecified atom stereocenters. The highest BCUT2D eigenvalue weighted by Crippen LogP contribution is 2.39. The topological polar surface area (TPSA) is 64.3 Å². The number of ether oxygens (including phenoxy) is 1. The van der Waals surface area contributed by atoms with E-state index >= 15 is 0 Å². The van der Waals surface area contributed by atoms with Crippen molar-refractivity contribution in [3.05, 3.63) is 0 Å². The van der Waals surface area contributed by atoms with Crippen molar-refractivity contribution in [3.63, 3.8) is 0 Å². The Bertz CT molecular complexity index is 241. The molecule has 0 aromatic carbocycles. The Morgan fingerprint density at radius 3 is 2.40 bits per heavy atom. The molecule has 0 radical (unpaired) electrons. The fourth-order valence-corrected chi connectivity index (χ4v) is 1.62. The highest BCUT2D eigenvalue weighted by molar-refractivity contribution is 5.69. The normalized spacial score (nSPS) is 20.6. The molecular formula is C11H22N2O2. The van der Waals surface area contributed by atoms with E-state index < -0.39 is 5.60 Å². The minimum absolute atomic E-state index is 0.0324. The number of amides is 1. The van der Waals surface area contributed by atoms with Gasteiger partial charge in [0, 0.05) is 6.04 Å². The zero-order valence-corrected chi connectivity index (χ0v) is 10.1. The molecule has 3 N–H and O–H groups in total. The van der Waals surface area contributed by atoms with E-state index in [1.165, 1.54) is 0 Å². The summed E-state index contributed by atoms with van der Waals surface area (Å²) in [5.41, 5.74) is 5.31. The minimum atomic E-state index is -0.448. The summed E-state index contributed by atoms with van der Waals surface area (Å²) >= 11 is 0. The summed E-state index contributed by atoms with van der Waals surface area (Å²) in [5.74, 6) is 0. The van der Waals surface area contributed by atoms with E-state index in [9.17, 15) is 4.79 Å². The fraction of sp³-hybridized carbons (Fsp3) is 0.909. The molecule has 0 saturated heterocycles. The van der Waals surface area contributed by atoms with E-state index in [1.54, 1.807) is 0 Å². The molecule has 0 aliphatic heterocycles.